The van der Waals surface area contributed by atoms with Crippen molar-refractivity contribution in [1.82, 2.24) is 4.57 Å². The van der Waals surface area contributed by atoms with Crippen LogP contribution in [0.5, 0.6) is 0 Å². The van der Waals surface area contributed by atoms with E-state index >= 15 is 0 Å². The molecule has 3 heteroatoms. The number of anilines is 3. The summed E-state index contributed by atoms with van der Waals surface area (Å²) >= 11 is 1.86. The summed E-state index contributed by atoms with van der Waals surface area (Å²) in [7, 11) is 0. The van der Waals surface area contributed by atoms with Gasteiger partial charge in [0.15, 0.2) is 0 Å². The highest BCUT2D eigenvalue weighted by Gasteiger charge is 2.19. The zero-order valence-corrected chi connectivity index (χ0v) is 31.9. The zero-order chi connectivity index (χ0) is 37.7. The highest BCUT2D eigenvalue weighted by Crippen LogP contribution is 2.45. The quantitative estimate of drug-likeness (QED) is 0.158. The molecule has 2 heterocycles. The van der Waals surface area contributed by atoms with Gasteiger partial charge in [0, 0.05) is 43.3 Å². The Kier molecular flexibility index (Phi) is 8.04. The van der Waals surface area contributed by atoms with Crippen molar-refractivity contribution < 1.29 is 0 Å². The predicted molar refractivity (Wildman–Crippen MR) is 245 cm³/mol. The van der Waals surface area contributed by atoms with Gasteiger partial charge in [-0.2, -0.15) is 0 Å². The lowest BCUT2D eigenvalue weighted by atomic mass is 9.97. The maximum absolute atomic E-state index is 2.41. The molecule has 9 aromatic carbocycles. The number of nitrogens with zero attached hydrogens (tertiary/aromatic N) is 2. The van der Waals surface area contributed by atoms with Crippen LogP contribution in [-0.2, 0) is 0 Å². The fraction of sp³-hybridized carbons (Fsp3) is 0. The zero-order valence-electron chi connectivity index (χ0n) is 31.1. The van der Waals surface area contributed by atoms with E-state index in [0.29, 0.717) is 0 Å². The Bertz CT molecular complexity index is 3200. The Hall–Kier alpha value is -7.20. The van der Waals surface area contributed by atoms with Gasteiger partial charge in [-0.25, -0.2) is 0 Å². The van der Waals surface area contributed by atoms with Crippen LogP contribution in [0.4, 0.5) is 17.1 Å². The average Bonchev–Trinajstić information content (AvgIpc) is 3.84. The number of hydrogen-bond acceptors (Lipinski definition) is 2. The molecular weight excluding hydrogens is 709 g/mol. The van der Waals surface area contributed by atoms with Crippen LogP contribution >= 0.6 is 11.3 Å². The van der Waals surface area contributed by atoms with Crippen LogP contribution in [0.15, 0.2) is 218 Å². The molecule has 57 heavy (non-hydrogen) atoms. The van der Waals surface area contributed by atoms with Gasteiger partial charge < -0.3 is 9.47 Å². The van der Waals surface area contributed by atoms with Crippen molar-refractivity contribution in [3.63, 3.8) is 0 Å². The molecule has 0 bridgehead atoms. The standard InChI is InChI=1S/C54H36N2S/c1-3-13-37(14-4-1)39-29-33-43(34-30-39)55(51-23-12-20-47-46-17-8-10-24-52(46)57-54(47)51)44-35-31-40(32-36-44)38-25-27-41(28-26-38)45-19-11-22-50-53(45)48-18-7-9-21-49(48)56(50)42-15-5-2-6-16-42/h1-36H. The van der Waals surface area contributed by atoms with E-state index < -0.39 is 0 Å². The highest BCUT2D eigenvalue weighted by atomic mass is 32.1. The average molecular weight is 745 g/mol. The van der Waals surface area contributed by atoms with E-state index in [1.54, 1.807) is 0 Å². The van der Waals surface area contributed by atoms with Crippen LogP contribution in [0.1, 0.15) is 0 Å². The largest absolute Gasteiger partial charge is 0.309 e. The van der Waals surface area contributed by atoms with Crippen LogP contribution < -0.4 is 4.90 Å². The number of para-hydroxylation sites is 2. The number of thiophene rings is 1. The second kappa shape index (κ2) is 13.8. The van der Waals surface area contributed by atoms with Crippen molar-refractivity contribution in [2.75, 3.05) is 4.90 Å². The Labute approximate surface area is 335 Å². The second-order valence-corrected chi connectivity index (χ2v) is 15.6. The molecule has 0 fully saturated rings. The fourth-order valence-corrected chi connectivity index (χ4v) is 9.74. The minimum atomic E-state index is 1.12. The van der Waals surface area contributed by atoms with Crippen LogP contribution in [-0.4, -0.2) is 4.57 Å². The van der Waals surface area contributed by atoms with Crippen molar-refractivity contribution in [1.29, 1.82) is 0 Å². The molecule has 0 saturated heterocycles. The van der Waals surface area contributed by atoms with Gasteiger partial charge in [-0.05, 0) is 94.0 Å². The third-order valence-corrected chi connectivity index (χ3v) is 12.4. The predicted octanol–water partition coefficient (Wildman–Crippen LogP) is 15.6. The maximum atomic E-state index is 2.41. The molecule has 0 aliphatic carbocycles. The van der Waals surface area contributed by atoms with Crippen molar-refractivity contribution >= 4 is 70.4 Å². The summed E-state index contributed by atoms with van der Waals surface area (Å²) in [5.41, 5.74) is 14.3. The topological polar surface area (TPSA) is 8.17 Å². The van der Waals surface area contributed by atoms with E-state index in [-0.39, 0.29) is 0 Å². The van der Waals surface area contributed by atoms with E-state index in [4.69, 9.17) is 0 Å². The molecule has 2 aromatic heterocycles. The highest BCUT2D eigenvalue weighted by molar-refractivity contribution is 7.26. The van der Waals surface area contributed by atoms with Crippen molar-refractivity contribution in [2.45, 2.75) is 0 Å². The molecule has 0 saturated carbocycles. The molecule has 0 radical (unpaired) electrons. The van der Waals surface area contributed by atoms with E-state index in [1.165, 1.54) is 86.7 Å². The second-order valence-electron chi connectivity index (χ2n) is 14.5. The van der Waals surface area contributed by atoms with Gasteiger partial charge in [0.05, 0.1) is 21.4 Å². The number of aromatic nitrogens is 1. The van der Waals surface area contributed by atoms with Gasteiger partial charge in [0.1, 0.15) is 0 Å². The summed E-state index contributed by atoms with van der Waals surface area (Å²) in [5.74, 6) is 0. The minimum Gasteiger partial charge on any atom is -0.309 e. The van der Waals surface area contributed by atoms with Crippen molar-refractivity contribution in [3.8, 4) is 39.1 Å². The van der Waals surface area contributed by atoms with E-state index in [1.807, 2.05) is 11.3 Å². The van der Waals surface area contributed by atoms with Gasteiger partial charge in [-0.3, -0.25) is 0 Å². The first kappa shape index (κ1) is 33.2. The van der Waals surface area contributed by atoms with E-state index in [0.717, 1.165) is 11.4 Å². The lowest BCUT2D eigenvalue weighted by Gasteiger charge is -2.26. The molecule has 268 valence electrons. The fourth-order valence-electron chi connectivity index (χ4n) is 8.53. The van der Waals surface area contributed by atoms with Crippen molar-refractivity contribution in [2.24, 2.45) is 0 Å². The SMILES string of the molecule is c1ccc(-c2ccc(N(c3ccc(-c4ccc(-c5cccc6c5c5ccccc5n6-c5ccccc5)cc4)cc3)c3cccc4c3sc3ccccc34)cc2)cc1. The molecular formula is C54H36N2S. The molecule has 0 aliphatic heterocycles. The minimum absolute atomic E-state index is 1.12. The third-order valence-electron chi connectivity index (χ3n) is 11.2. The maximum Gasteiger partial charge on any atom is 0.0640 e. The number of benzene rings is 9. The lowest BCUT2D eigenvalue weighted by Crippen LogP contribution is -2.10. The van der Waals surface area contributed by atoms with Gasteiger partial charge in [0.2, 0.25) is 0 Å². The van der Waals surface area contributed by atoms with Crippen LogP contribution in [0.25, 0.3) is 81.0 Å². The first-order valence-electron chi connectivity index (χ1n) is 19.4. The molecule has 2 nitrogen and oxygen atoms in total. The summed E-state index contributed by atoms with van der Waals surface area (Å²) in [5, 5.41) is 5.13. The van der Waals surface area contributed by atoms with Gasteiger partial charge in [-0.15, -0.1) is 11.3 Å². The molecule has 11 aromatic rings. The Morgan fingerprint density at radius 3 is 1.56 bits per heavy atom. The molecule has 0 unspecified atom stereocenters. The van der Waals surface area contributed by atoms with Gasteiger partial charge in [-0.1, -0.05) is 158 Å². The smallest absolute Gasteiger partial charge is 0.0640 e. The molecule has 0 N–H and O–H groups in total. The molecule has 0 amide bonds. The number of hydrogen-bond donors (Lipinski definition) is 0. The first-order chi connectivity index (χ1) is 28.3. The van der Waals surface area contributed by atoms with E-state index in [9.17, 15) is 0 Å². The summed E-state index contributed by atoms with van der Waals surface area (Å²) in [6.45, 7) is 0. The van der Waals surface area contributed by atoms with Gasteiger partial charge in [0.25, 0.3) is 0 Å². The molecule has 11 rings (SSSR count). The summed E-state index contributed by atoms with van der Waals surface area (Å²) in [6.07, 6.45) is 0. The van der Waals surface area contributed by atoms with Crippen molar-refractivity contribution in [3.05, 3.63) is 218 Å². The Balaban J connectivity index is 0.973. The molecule has 0 aliphatic rings. The lowest BCUT2D eigenvalue weighted by molar-refractivity contribution is 1.18. The number of rotatable bonds is 7. The summed E-state index contributed by atoms with van der Waals surface area (Å²) in [6, 6.07) is 79.2. The Morgan fingerprint density at radius 1 is 0.351 bits per heavy atom. The summed E-state index contributed by atoms with van der Waals surface area (Å²) in [4.78, 5) is 2.41. The van der Waals surface area contributed by atoms with E-state index in [2.05, 4.69) is 228 Å². The van der Waals surface area contributed by atoms with Crippen LogP contribution in [0, 0.1) is 0 Å². The summed E-state index contributed by atoms with van der Waals surface area (Å²) < 4.78 is 4.97. The number of fused-ring (bicyclic) bond motifs is 6. The van der Waals surface area contributed by atoms with Crippen LogP contribution in [0.2, 0.25) is 0 Å². The van der Waals surface area contributed by atoms with Gasteiger partial charge >= 0.3 is 0 Å². The monoisotopic (exact) mass is 744 g/mol. The first-order valence-corrected chi connectivity index (χ1v) is 20.2. The molecule has 0 atom stereocenters. The molecule has 0 spiro atoms. The third kappa shape index (κ3) is 5.71. The van der Waals surface area contributed by atoms with Crippen LogP contribution in [0.3, 0.4) is 0 Å². The normalized spacial score (nSPS) is 11.5. The Morgan fingerprint density at radius 2 is 0.860 bits per heavy atom.